The van der Waals surface area contributed by atoms with E-state index in [1.807, 2.05) is 103 Å². The third kappa shape index (κ3) is 20.6. The molecule has 7 aromatic rings. The molecule has 18 heteroatoms. The Balaban J connectivity index is 0.722. The zero-order valence-electron chi connectivity index (χ0n) is 63.8. The van der Waals surface area contributed by atoms with Gasteiger partial charge in [-0.05, 0) is 212 Å². The number of carbonyl (C=O) groups is 5. The third-order valence-corrected chi connectivity index (χ3v) is 23.8. The van der Waals surface area contributed by atoms with Crippen LogP contribution in [0.2, 0.25) is 0 Å². The Bertz CT molecular complexity index is 4070. The van der Waals surface area contributed by atoms with E-state index in [2.05, 4.69) is 104 Å². The first-order valence-electron chi connectivity index (χ1n) is 39.2. The van der Waals surface area contributed by atoms with Crippen molar-refractivity contribution in [3.63, 3.8) is 0 Å². The minimum absolute atomic E-state index is 0.0477. The van der Waals surface area contributed by atoms with Gasteiger partial charge >= 0.3 is 11.8 Å². The number of hydrogen-bond acceptors (Lipinski definition) is 12. The Kier molecular flexibility index (Phi) is 27.9. The van der Waals surface area contributed by atoms with Crippen molar-refractivity contribution < 1.29 is 57.8 Å². The summed E-state index contributed by atoms with van der Waals surface area (Å²) in [5.74, 6) is 4.32. The van der Waals surface area contributed by atoms with Gasteiger partial charge in [0.25, 0.3) is 4.92 Å². The second-order valence-electron chi connectivity index (χ2n) is 31.3. The molecule has 572 valence electrons. The first-order chi connectivity index (χ1) is 52.3. The SMILES string of the molecule is COc1ccc(C(NCCCC[C@H](NC(=O)[C@H](Cc2ccc(OCc3ccccc3)cc2)NC(=O)CCC(=O)NCCCO[C@H]2CC[C@@]3(C)C(=CC[C@H]4[C@@H]5CC[C@H]([C@H](C)CCCC(C)C)[C@@]5(C)CC[C@@H]43)C2)C(=O)Nc2ccc(COC(=O)Oc3ccc([N+](=O)O)cc3)cc2)(c2ccccc2)c2ccccc2)cc1. The highest BCUT2D eigenvalue weighted by molar-refractivity contribution is 5.98. The lowest BCUT2D eigenvalue weighted by Crippen LogP contribution is -2.53. The number of methoxy groups -OCH3 is 1. The lowest BCUT2D eigenvalue weighted by atomic mass is 9.47. The maximum Gasteiger partial charge on any atom is 0.514 e. The average Bonchev–Trinajstić information content (AvgIpc) is 1.43. The quantitative estimate of drug-likeness (QED) is 0.00532. The second kappa shape index (κ2) is 37.9. The number of anilines is 1. The highest BCUT2D eigenvalue weighted by Crippen LogP contribution is 2.67. The van der Waals surface area contributed by atoms with Gasteiger partial charge in [-0.15, -0.1) is 0 Å². The summed E-state index contributed by atoms with van der Waals surface area (Å²) in [6.45, 7) is 14.1. The second-order valence-corrected chi connectivity index (χ2v) is 31.3. The molecule has 108 heavy (non-hydrogen) atoms. The highest BCUT2D eigenvalue weighted by atomic mass is 16.7. The van der Waals surface area contributed by atoms with Crippen molar-refractivity contribution in [2.75, 3.05) is 32.1 Å². The number of nitrogens with zero attached hydrogens (tertiary/aromatic N) is 1. The summed E-state index contributed by atoms with van der Waals surface area (Å²) in [5.41, 5.74) is 7.20. The molecule has 3 fully saturated rings. The largest absolute Gasteiger partial charge is 0.514 e. The Morgan fingerprint density at radius 1 is 0.593 bits per heavy atom. The first-order valence-corrected chi connectivity index (χ1v) is 39.2. The molecular weight excluding hydrogens is 1360 g/mol. The van der Waals surface area contributed by atoms with Gasteiger partial charge in [0, 0.05) is 50.2 Å². The molecule has 4 amide bonds. The van der Waals surface area contributed by atoms with Gasteiger partial charge in [0.05, 0.1) is 23.7 Å². The zero-order valence-corrected chi connectivity index (χ0v) is 63.8. The van der Waals surface area contributed by atoms with E-state index in [1.54, 1.807) is 36.9 Å². The number of allylic oxidation sites excluding steroid dienone is 1. The molecular formula is C90H111N6O12+. The normalized spacial score (nSPS) is 20.9. The van der Waals surface area contributed by atoms with Crippen LogP contribution in [0.3, 0.4) is 0 Å². The van der Waals surface area contributed by atoms with Gasteiger partial charge in [-0.25, -0.2) is 10.0 Å². The zero-order chi connectivity index (χ0) is 76.1. The summed E-state index contributed by atoms with van der Waals surface area (Å²) in [6, 6.07) is 55.2. The molecule has 18 nitrogen and oxygen atoms in total. The van der Waals surface area contributed by atoms with E-state index < -0.39 is 41.5 Å². The summed E-state index contributed by atoms with van der Waals surface area (Å²) in [5, 5.41) is 25.0. The molecule has 4 aliphatic carbocycles. The fraction of sp³-hybridized carbons (Fsp3) is 0.456. The molecule has 0 saturated heterocycles. The molecule has 11 rings (SSSR count). The Hall–Kier alpha value is -9.65. The molecule has 3 saturated carbocycles. The monoisotopic (exact) mass is 1470 g/mol. The van der Waals surface area contributed by atoms with Crippen LogP contribution in [0.15, 0.2) is 200 Å². The summed E-state index contributed by atoms with van der Waals surface area (Å²) < 4.78 is 28.8. The summed E-state index contributed by atoms with van der Waals surface area (Å²) in [7, 11) is 1.64. The van der Waals surface area contributed by atoms with Crippen LogP contribution in [0.4, 0.5) is 16.2 Å². The Morgan fingerprint density at radius 2 is 1.23 bits per heavy atom. The van der Waals surface area contributed by atoms with Crippen LogP contribution in [0.1, 0.15) is 177 Å². The smallest absolute Gasteiger partial charge is 0.497 e. The standard InChI is InChI=1S/C90H110N6O12/c1-62(2)20-18-21-63(3)78-47-48-79-77-46-35-70-59-76(51-53-88(70,4)80(77)52-54-89(78,79)5)105-57-19-55-91-83(97)49-50-84(98)94-82(58-64-31-40-74(41-32-64)106-60-65-22-10-7-11-23-65)86(100)95-81(85(99)93-71-36-29-66(30-37-71)61-107-87(101)108-75-44-38-72(39-45-75)96(102)103)28-16-17-56-92-90(67-24-12-8-13-25-67,68-26-14-9-15-27-68)69-33-42-73(104-6)43-34-69/h7-15,22-27,29-45,62-63,76-82,92H,16-21,28,46-61H2,1-6H3,(H4-,91,93,94,95,97,98,99,100,102,103)/p+1/t63-,76+,77+,78-,79+,80+,81+,82+,88+,89-/m1/s1. The fourth-order valence-electron chi connectivity index (χ4n) is 18.0. The molecule has 0 aromatic heterocycles. The lowest BCUT2D eigenvalue weighted by molar-refractivity contribution is -0.729. The molecule has 6 N–H and O–H groups in total. The van der Waals surface area contributed by atoms with Crippen molar-refractivity contribution in [3.8, 4) is 17.2 Å². The van der Waals surface area contributed by atoms with Crippen molar-refractivity contribution in [1.29, 1.82) is 0 Å². The van der Waals surface area contributed by atoms with E-state index in [9.17, 15) is 24.1 Å². The minimum Gasteiger partial charge on any atom is -0.497 e. The molecule has 7 aromatic carbocycles. The van der Waals surface area contributed by atoms with E-state index in [0.717, 1.165) is 88.3 Å². The number of unbranched alkanes of at least 4 members (excludes halogenated alkanes) is 1. The van der Waals surface area contributed by atoms with Gasteiger partial charge < -0.3 is 45.0 Å². The van der Waals surface area contributed by atoms with E-state index in [1.165, 1.54) is 75.6 Å². The van der Waals surface area contributed by atoms with E-state index in [-0.39, 0.29) is 66.1 Å². The van der Waals surface area contributed by atoms with Gasteiger partial charge in [0.2, 0.25) is 23.6 Å². The average molecular weight is 1470 g/mol. The number of amides is 4. The van der Waals surface area contributed by atoms with Gasteiger partial charge in [-0.3, -0.25) is 24.5 Å². The molecule has 0 heterocycles. The van der Waals surface area contributed by atoms with Crippen LogP contribution in [0.25, 0.3) is 0 Å². The van der Waals surface area contributed by atoms with Crippen LogP contribution in [0, 0.1) is 51.2 Å². The predicted molar refractivity (Wildman–Crippen MR) is 419 cm³/mol. The topological polar surface area (TPSA) is 232 Å². The van der Waals surface area contributed by atoms with Crippen molar-refractivity contribution in [2.24, 2.45) is 46.3 Å². The third-order valence-electron chi connectivity index (χ3n) is 23.8. The number of carbonyl (C=O) groups excluding carboxylic acids is 5. The van der Waals surface area contributed by atoms with Crippen molar-refractivity contribution in [3.05, 3.63) is 238 Å². The lowest BCUT2D eigenvalue weighted by Gasteiger charge is -2.58. The van der Waals surface area contributed by atoms with Gasteiger partial charge in [0.1, 0.15) is 42.5 Å². The summed E-state index contributed by atoms with van der Waals surface area (Å²) in [4.78, 5) is 80.9. The number of rotatable bonds is 37. The maximum atomic E-state index is 15.0. The number of benzene rings is 7. The van der Waals surface area contributed by atoms with Crippen LogP contribution in [-0.2, 0) is 53.8 Å². The van der Waals surface area contributed by atoms with Gasteiger partial charge in [0.15, 0.2) is 0 Å². The number of fused-ring (bicyclic) bond motifs is 5. The van der Waals surface area contributed by atoms with Gasteiger partial charge in [-0.2, -0.15) is 0 Å². The van der Waals surface area contributed by atoms with Crippen molar-refractivity contribution >= 4 is 41.2 Å². The summed E-state index contributed by atoms with van der Waals surface area (Å²) in [6.07, 6.45) is 17.4. The molecule has 0 bridgehead atoms. The van der Waals surface area contributed by atoms with Crippen molar-refractivity contribution in [2.45, 2.75) is 187 Å². The molecule has 10 atom stereocenters. The van der Waals surface area contributed by atoms with E-state index in [4.69, 9.17) is 28.9 Å². The van der Waals surface area contributed by atoms with Crippen LogP contribution < -0.4 is 40.8 Å². The molecule has 4 aliphatic rings. The van der Waals surface area contributed by atoms with Gasteiger partial charge in [-0.1, -0.05) is 193 Å². The maximum absolute atomic E-state index is 15.0. The number of hydrogen-bond donors (Lipinski definition) is 6. The van der Waals surface area contributed by atoms with Crippen LogP contribution in [0.5, 0.6) is 17.2 Å². The molecule has 0 radical (unpaired) electrons. The van der Waals surface area contributed by atoms with E-state index >= 15 is 4.79 Å². The molecule has 0 unspecified atom stereocenters. The van der Waals surface area contributed by atoms with E-state index in [0.29, 0.717) is 68.0 Å². The molecule has 0 spiro atoms. The number of nitrogens with one attached hydrogen (secondary N) is 5. The number of ether oxygens (including phenoxy) is 5. The van der Waals surface area contributed by atoms with Crippen LogP contribution in [-0.4, -0.2) is 84.9 Å². The Labute approximate surface area is 637 Å². The fourth-order valence-corrected chi connectivity index (χ4v) is 18.0. The van der Waals surface area contributed by atoms with Crippen LogP contribution >= 0.6 is 0 Å². The highest BCUT2D eigenvalue weighted by Gasteiger charge is 2.59. The summed E-state index contributed by atoms with van der Waals surface area (Å²) >= 11 is 0. The Morgan fingerprint density at radius 3 is 1.91 bits per heavy atom. The van der Waals surface area contributed by atoms with Crippen molar-refractivity contribution in [1.82, 2.24) is 21.3 Å². The predicted octanol–water partition coefficient (Wildman–Crippen LogP) is 17.4. The first kappa shape index (κ1) is 79.4. The minimum atomic E-state index is -1.17. The molecule has 0 aliphatic heterocycles.